The Morgan fingerprint density at radius 3 is 2.03 bits per heavy atom. The van der Waals surface area contributed by atoms with Crippen LogP contribution in [-0.4, -0.2) is 6.04 Å². The van der Waals surface area contributed by atoms with E-state index in [1.54, 1.807) is 5.56 Å². The van der Waals surface area contributed by atoms with Crippen LogP contribution in [0.4, 0.5) is 5.69 Å². The molecule has 1 spiro atoms. The summed E-state index contributed by atoms with van der Waals surface area (Å²) < 4.78 is 0. The van der Waals surface area contributed by atoms with Crippen LogP contribution in [0.15, 0.2) is 230 Å². The molecule has 1 nitrogen and oxygen atoms in total. The zero-order valence-electron chi connectivity index (χ0n) is 36.7. The smallest absolute Gasteiger partial charge is 0.0710 e. The molecular formula is C63H55N. The molecule has 0 aromatic heterocycles. The van der Waals surface area contributed by atoms with Gasteiger partial charge in [-0.05, 0) is 122 Å². The lowest BCUT2D eigenvalue weighted by Gasteiger charge is -2.43. The SMILES string of the molecule is C=CC1C(C(=C)C2=CC=CCC2N(C2=CC3=C(CC2)c2ccccc2C3(c2ccccc2)c2ccccc2)c2cc3ccccc3c3ccccc23)c2ccccc2C12CCCCC2. The molecule has 0 amide bonds. The molecule has 3 atom stereocenters. The van der Waals surface area contributed by atoms with E-state index in [1.807, 2.05) is 0 Å². The number of rotatable bonds is 8. The number of allylic oxidation sites excluding steroid dienone is 7. The molecule has 0 heterocycles. The van der Waals surface area contributed by atoms with Crippen molar-refractivity contribution in [3.8, 4) is 0 Å². The zero-order valence-corrected chi connectivity index (χ0v) is 36.7. The second kappa shape index (κ2) is 15.5. The molecule has 5 aliphatic carbocycles. The fourth-order valence-corrected chi connectivity index (χ4v) is 13.5. The normalized spacial score (nSPS) is 21.5. The van der Waals surface area contributed by atoms with Gasteiger partial charge in [-0.1, -0.05) is 208 Å². The number of benzene rings is 7. The predicted molar refractivity (Wildman–Crippen MR) is 270 cm³/mol. The van der Waals surface area contributed by atoms with Crippen LogP contribution in [0.5, 0.6) is 0 Å². The minimum atomic E-state index is -0.467. The molecule has 1 heteroatoms. The van der Waals surface area contributed by atoms with E-state index in [0.29, 0.717) is 5.92 Å². The Morgan fingerprint density at radius 1 is 0.641 bits per heavy atom. The van der Waals surface area contributed by atoms with E-state index < -0.39 is 5.41 Å². The third-order valence-electron chi connectivity index (χ3n) is 16.1. The van der Waals surface area contributed by atoms with Crippen LogP contribution in [0, 0.1) is 5.92 Å². The van der Waals surface area contributed by atoms with Gasteiger partial charge < -0.3 is 4.90 Å². The van der Waals surface area contributed by atoms with Crippen molar-refractivity contribution in [1.29, 1.82) is 0 Å². The van der Waals surface area contributed by atoms with Gasteiger partial charge in [0.25, 0.3) is 0 Å². The second-order valence-electron chi connectivity index (χ2n) is 19.0. The summed E-state index contributed by atoms with van der Waals surface area (Å²) in [5.41, 5.74) is 16.1. The van der Waals surface area contributed by atoms with Crippen LogP contribution in [0.3, 0.4) is 0 Å². The number of fused-ring (bicyclic) bond motifs is 7. The predicted octanol–water partition coefficient (Wildman–Crippen LogP) is 15.9. The number of nitrogens with zero attached hydrogens (tertiary/aromatic N) is 1. The van der Waals surface area contributed by atoms with Crippen molar-refractivity contribution >= 4 is 32.8 Å². The van der Waals surface area contributed by atoms with Crippen molar-refractivity contribution in [3.63, 3.8) is 0 Å². The van der Waals surface area contributed by atoms with Gasteiger partial charge in [0.2, 0.25) is 0 Å². The average molecular weight is 826 g/mol. The van der Waals surface area contributed by atoms with Crippen LogP contribution < -0.4 is 4.90 Å². The van der Waals surface area contributed by atoms with Crippen molar-refractivity contribution < 1.29 is 0 Å². The summed E-state index contributed by atoms with van der Waals surface area (Å²) in [6, 6.07) is 61.8. The van der Waals surface area contributed by atoms with Gasteiger partial charge in [-0.2, -0.15) is 0 Å². The van der Waals surface area contributed by atoms with Crippen molar-refractivity contribution in [1.82, 2.24) is 0 Å². The first kappa shape index (κ1) is 38.9. The Morgan fingerprint density at radius 2 is 1.28 bits per heavy atom. The first-order valence-corrected chi connectivity index (χ1v) is 23.8. The van der Waals surface area contributed by atoms with E-state index in [9.17, 15) is 0 Å². The van der Waals surface area contributed by atoms with Gasteiger partial charge >= 0.3 is 0 Å². The maximum Gasteiger partial charge on any atom is 0.0710 e. The van der Waals surface area contributed by atoms with E-state index >= 15 is 0 Å². The first-order valence-electron chi connectivity index (χ1n) is 23.8. The zero-order chi connectivity index (χ0) is 42.8. The molecule has 7 aromatic carbocycles. The van der Waals surface area contributed by atoms with Gasteiger partial charge in [0.05, 0.1) is 11.5 Å². The Balaban J connectivity index is 1.09. The Bertz CT molecular complexity index is 3070. The highest BCUT2D eigenvalue weighted by molar-refractivity contribution is 6.13. The number of hydrogen-bond donors (Lipinski definition) is 0. The molecule has 0 bridgehead atoms. The molecule has 3 unspecified atom stereocenters. The minimum Gasteiger partial charge on any atom is -0.337 e. The van der Waals surface area contributed by atoms with Crippen LogP contribution in [0.2, 0.25) is 0 Å². The van der Waals surface area contributed by atoms with Crippen molar-refractivity contribution in [2.45, 2.75) is 74.2 Å². The Kier molecular flexibility index (Phi) is 9.45. The minimum absolute atomic E-state index is 0.0302. The van der Waals surface area contributed by atoms with Crippen molar-refractivity contribution in [2.24, 2.45) is 5.92 Å². The van der Waals surface area contributed by atoms with Crippen LogP contribution in [0.25, 0.3) is 27.1 Å². The highest BCUT2D eigenvalue weighted by Gasteiger charge is 2.53. The molecule has 64 heavy (non-hydrogen) atoms. The van der Waals surface area contributed by atoms with Crippen molar-refractivity contribution in [2.75, 3.05) is 4.90 Å². The molecule has 12 rings (SSSR count). The molecule has 1 fully saturated rings. The van der Waals surface area contributed by atoms with Gasteiger partial charge in [0.1, 0.15) is 0 Å². The van der Waals surface area contributed by atoms with Gasteiger partial charge in [0.15, 0.2) is 0 Å². The molecule has 1 saturated carbocycles. The summed E-state index contributed by atoms with van der Waals surface area (Å²) in [4.78, 5) is 2.78. The third kappa shape index (κ3) is 5.69. The topological polar surface area (TPSA) is 3.24 Å². The van der Waals surface area contributed by atoms with E-state index in [0.717, 1.165) is 19.3 Å². The van der Waals surface area contributed by atoms with Crippen LogP contribution >= 0.6 is 0 Å². The molecule has 0 radical (unpaired) electrons. The fourth-order valence-electron chi connectivity index (χ4n) is 13.5. The van der Waals surface area contributed by atoms with Gasteiger partial charge in [-0.15, -0.1) is 6.58 Å². The Hall–Kier alpha value is -6.70. The first-order chi connectivity index (χ1) is 31.6. The maximum atomic E-state index is 5.20. The van der Waals surface area contributed by atoms with Gasteiger partial charge in [0, 0.05) is 28.1 Å². The highest BCUT2D eigenvalue weighted by atomic mass is 15.2. The summed E-state index contributed by atoms with van der Waals surface area (Å²) in [6.45, 7) is 9.80. The fraction of sp³-hybridized carbons (Fsp3) is 0.206. The standard InChI is InChI=1S/C63H55N/c1-3-55-61(54-33-16-18-34-56(54)62(55)39-21-6-22-40-62)43(2)48-28-17-20-36-59(48)64(60-41-44-23-11-12-29-49(44)50-30-13-14-32-53(50)60)47-37-38-52-51-31-15-19-35-57(51)63(58(52)42-47,45-24-7-4-8-25-45)46-26-9-5-10-27-46/h3-5,7-20,23-35,41-42,55,59,61H,1-2,6,21-22,36-40H2. The summed E-state index contributed by atoms with van der Waals surface area (Å²) in [6.07, 6.45) is 21.1. The number of anilines is 1. The largest absolute Gasteiger partial charge is 0.337 e. The molecule has 312 valence electrons. The molecule has 0 N–H and O–H groups in total. The summed E-state index contributed by atoms with van der Waals surface area (Å²) >= 11 is 0. The monoisotopic (exact) mass is 825 g/mol. The molecule has 0 aliphatic heterocycles. The van der Waals surface area contributed by atoms with E-state index in [1.165, 1.54) is 115 Å². The molecule has 5 aliphatic rings. The van der Waals surface area contributed by atoms with Gasteiger partial charge in [-0.3, -0.25) is 0 Å². The lowest BCUT2D eigenvalue weighted by Crippen LogP contribution is -2.40. The quantitative estimate of drug-likeness (QED) is 0.109. The highest BCUT2D eigenvalue weighted by Crippen LogP contribution is 2.62. The maximum absolute atomic E-state index is 5.20. The average Bonchev–Trinajstić information content (AvgIpc) is 3.81. The number of hydrogen-bond acceptors (Lipinski definition) is 1. The molecule has 7 aromatic rings. The van der Waals surface area contributed by atoms with Gasteiger partial charge in [-0.25, -0.2) is 0 Å². The summed E-state index contributed by atoms with van der Waals surface area (Å²) in [7, 11) is 0. The summed E-state index contributed by atoms with van der Waals surface area (Å²) in [5, 5.41) is 5.13. The lowest BCUT2D eigenvalue weighted by atomic mass is 9.63. The van der Waals surface area contributed by atoms with Crippen LogP contribution in [-0.2, 0) is 10.8 Å². The van der Waals surface area contributed by atoms with E-state index in [-0.39, 0.29) is 17.4 Å². The third-order valence-corrected chi connectivity index (χ3v) is 16.1. The van der Waals surface area contributed by atoms with E-state index in [4.69, 9.17) is 6.58 Å². The lowest BCUT2D eigenvalue weighted by molar-refractivity contribution is 0.232. The second-order valence-corrected chi connectivity index (χ2v) is 19.0. The molecular weight excluding hydrogens is 771 g/mol. The van der Waals surface area contributed by atoms with E-state index in [2.05, 4.69) is 206 Å². The summed E-state index contributed by atoms with van der Waals surface area (Å²) in [5.74, 6) is 0.473. The Labute approximate surface area is 379 Å². The molecule has 0 saturated heterocycles. The van der Waals surface area contributed by atoms with Crippen LogP contribution in [0.1, 0.15) is 90.7 Å². The van der Waals surface area contributed by atoms with Crippen molar-refractivity contribution in [3.05, 3.63) is 263 Å².